The maximum atomic E-state index is 12.5. The predicted molar refractivity (Wildman–Crippen MR) is 97.0 cm³/mol. The molecule has 6 heteroatoms. The van der Waals surface area contributed by atoms with Crippen LogP contribution in [0.4, 0.5) is 0 Å². The maximum Gasteiger partial charge on any atom is 0.237 e. The Balaban J connectivity index is 2.07. The van der Waals surface area contributed by atoms with Gasteiger partial charge in [0, 0.05) is 45.3 Å². The van der Waals surface area contributed by atoms with Gasteiger partial charge in [-0.15, -0.1) is 0 Å². The molecule has 1 amide bonds. The predicted octanol–water partition coefficient (Wildman–Crippen LogP) is 0.268. The minimum atomic E-state index is -0.313. The number of hydrogen-bond donors (Lipinski definition) is 3. The van der Waals surface area contributed by atoms with Crippen molar-refractivity contribution in [2.45, 2.75) is 58.2 Å². The first-order chi connectivity index (χ1) is 11.5. The van der Waals surface area contributed by atoms with Crippen LogP contribution in [-0.4, -0.2) is 84.8 Å². The lowest BCUT2D eigenvalue weighted by Gasteiger charge is -2.43. The molecule has 0 spiro atoms. The van der Waals surface area contributed by atoms with Gasteiger partial charge in [-0.1, -0.05) is 20.3 Å². The van der Waals surface area contributed by atoms with Crippen molar-refractivity contribution >= 4 is 5.91 Å². The Hall–Kier alpha value is -0.690. The summed E-state index contributed by atoms with van der Waals surface area (Å²) in [5.74, 6) is 0.456. The molecule has 6 nitrogen and oxygen atoms in total. The van der Waals surface area contributed by atoms with Crippen LogP contribution in [0.25, 0.3) is 0 Å². The van der Waals surface area contributed by atoms with Gasteiger partial charge in [-0.05, 0) is 32.2 Å². The van der Waals surface area contributed by atoms with Crippen LogP contribution in [0.2, 0.25) is 0 Å². The first-order valence-electron chi connectivity index (χ1n) is 9.66. The normalized spacial score (nSPS) is 33.0. The molecule has 5 atom stereocenters. The summed E-state index contributed by atoms with van der Waals surface area (Å²) in [6.45, 7) is 12.6. The van der Waals surface area contributed by atoms with E-state index in [4.69, 9.17) is 0 Å². The van der Waals surface area contributed by atoms with Crippen LogP contribution in [0.5, 0.6) is 0 Å². The van der Waals surface area contributed by atoms with E-state index in [2.05, 4.69) is 34.3 Å². The molecule has 3 unspecified atom stereocenters. The summed E-state index contributed by atoms with van der Waals surface area (Å²) in [6.07, 6.45) is 2.84. The summed E-state index contributed by atoms with van der Waals surface area (Å²) < 4.78 is 0. The molecular weight excluding hydrogens is 304 g/mol. The molecule has 0 aromatic carbocycles. The fourth-order valence-corrected chi connectivity index (χ4v) is 3.77. The van der Waals surface area contributed by atoms with Gasteiger partial charge in [0.1, 0.15) is 0 Å². The van der Waals surface area contributed by atoms with Gasteiger partial charge in [-0.3, -0.25) is 9.69 Å². The van der Waals surface area contributed by atoms with Crippen LogP contribution in [0.1, 0.15) is 40.0 Å². The summed E-state index contributed by atoms with van der Waals surface area (Å²) in [7, 11) is 0. The molecule has 2 bridgehead atoms. The van der Waals surface area contributed by atoms with Gasteiger partial charge >= 0.3 is 0 Å². The van der Waals surface area contributed by atoms with Crippen LogP contribution < -0.4 is 10.6 Å². The second-order valence-electron chi connectivity index (χ2n) is 7.57. The smallest absolute Gasteiger partial charge is 0.237 e. The highest BCUT2D eigenvalue weighted by Crippen LogP contribution is 2.14. The highest BCUT2D eigenvalue weighted by molar-refractivity contribution is 5.82. The number of fused-ring (bicyclic) bond motifs is 2. The molecule has 24 heavy (non-hydrogen) atoms. The van der Waals surface area contributed by atoms with E-state index < -0.39 is 0 Å². The molecule has 0 radical (unpaired) electrons. The van der Waals surface area contributed by atoms with Crippen molar-refractivity contribution in [1.82, 2.24) is 20.4 Å². The number of β-amino-alcohol motifs (C(OH)–C–C–N with tert-alkyl or cyclic N) is 1. The Labute approximate surface area is 147 Å². The van der Waals surface area contributed by atoms with E-state index in [1.807, 2.05) is 6.92 Å². The Kier molecular flexibility index (Phi) is 7.94. The Morgan fingerprint density at radius 1 is 1.25 bits per heavy atom. The van der Waals surface area contributed by atoms with Crippen LogP contribution >= 0.6 is 0 Å². The van der Waals surface area contributed by atoms with Gasteiger partial charge in [-0.25, -0.2) is 0 Å². The number of hydrogen-bond acceptors (Lipinski definition) is 5. The third-order valence-corrected chi connectivity index (χ3v) is 5.46. The summed E-state index contributed by atoms with van der Waals surface area (Å²) in [6, 6.07) is 0.227. The summed E-state index contributed by atoms with van der Waals surface area (Å²) in [5.41, 5.74) is 0. The van der Waals surface area contributed by atoms with Crippen molar-refractivity contribution in [3.63, 3.8) is 0 Å². The molecule has 2 saturated heterocycles. The second kappa shape index (κ2) is 9.70. The van der Waals surface area contributed by atoms with E-state index in [9.17, 15) is 9.90 Å². The molecule has 0 aromatic heterocycles. The molecule has 0 aromatic rings. The number of aliphatic hydroxyl groups is 1. The summed E-state index contributed by atoms with van der Waals surface area (Å²) in [4.78, 5) is 17.4. The first kappa shape index (κ1) is 19.6. The standard InChI is InChI=1S/C18H36N4O2/c1-4-14(2)17-18(24)19-7-5-6-8-21-9-10-22(12-15(3)23)16(13-21)11-20-17/h14-17,20,23H,4-13H2,1-3H3,(H,19,24)/t14?,15?,16-,17+/m1/s1. The Morgan fingerprint density at radius 2 is 2.04 bits per heavy atom. The van der Waals surface area contributed by atoms with Crippen LogP contribution in [0, 0.1) is 5.92 Å². The van der Waals surface area contributed by atoms with Crippen molar-refractivity contribution in [2.75, 3.05) is 45.8 Å². The Bertz CT molecular complexity index is 391. The van der Waals surface area contributed by atoms with Crippen molar-refractivity contribution in [3.8, 4) is 0 Å². The SMILES string of the molecule is CCC(C)[C@@H]1NC[C@@H]2CN(CCCCNC1=O)CCN2CC(C)O. The third-order valence-electron chi connectivity index (χ3n) is 5.46. The summed E-state index contributed by atoms with van der Waals surface area (Å²) >= 11 is 0. The summed E-state index contributed by atoms with van der Waals surface area (Å²) in [5, 5.41) is 16.4. The number of amides is 1. The number of nitrogens with zero attached hydrogens (tertiary/aromatic N) is 2. The molecule has 0 saturated carbocycles. The topological polar surface area (TPSA) is 67.8 Å². The lowest BCUT2D eigenvalue weighted by Crippen LogP contribution is -2.60. The molecule has 2 rings (SSSR count). The maximum absolute atomic E-state index is 12.5. The minimum Gasteiger partial charge on any atom is -0.392 e. The lowest BCUT2D eigenvalue weighted by molar-refractivity contribution is -0.124. The molecular formula is C18H36N4O2. The fourth-order valence-electron chi connectivity index (χ4n) is 3.77. The van der Waals surface area contributed by atoms with Crippen LogP contribution in [0.15, 0.2) is 0 Å². The fraction of sp³-hybridized carbons (Fsp3) is 0.944. The molecule has 2 aliphatic rings. The molecule has 140 valence electrons. The average Bonchev–Trinajstić information content (AvgIpc) is 2.54. The molecule has 2 aliphatic heterocycles. The number of carbonyl (C=O) groups excluding carboxylic acids is 1. The number of nitrogens with one attached hydrogen (secondary N) is 2. The van der Waals surface area contributed by atoms with Crippen molar-refractivity contribution in [1.29, 1.82) is 0 Å². The van der Waals surface area contributed by atoms with Crippen molar-refractivity contribution in [2.24, 2.45) is 5.92 Å². The minimum absolute atomic E-state index is 0.127. The monoisotopic (exact) mass is 340 g/mol. The number of aliphatic hydroxyl groups excluding tert-OH is 1. The van der Waals surface area contributed by atoms with Crippen molar-refractivity contribution < 1.29 is 9.90 Å². The highest BCUT2D eigenvalue weighted by atomic mass is 16.3. The van der Waals surface area contributed by atoms with Gasteiger partial charge in [-0.2, -0.15) is 0 Å². The zero-order chi connectivity index (χ0) is 17.5. The molecule has 2 fully saturated rings. The lowest BCUT2D eigenvalue weighted by atomic mass is 9.97. The molecule has 2 heterocycles. The zero-order valence-corrected chi connectivity index (χ0v) is 15.6. The number of rotatable bonds is 4. The highest BCUT2D eigenvalue weighted by Gasteiger charge is 2.30. The van der Waals surface area contributed by atoms with Crippen molar-refractivity contribution in [3.05, 3.63) is 0 Å². The molecule has 3 N–H and O–H groups in total. The van der Waals surface area contributed by atoms with Gasteiger partial charge in [0.05, 0.1) is 12.1 Å². The van der Waals surface area contributed by atoms with Gasteiger partial charge in [0.25, 0.3) is 0 Å². The zero-order valence-electron chi connectivity index (χ0n) is 15.6. The van der Waals surface area contributed by atoms with Crippen LogP contribution in [0.3, 0.4) is 0 Å². The largest absolute Gasteiger partial charge is 0.392 e. The van der Waals surface area contributed by atoms with Gasteiger partial charge in [0.15, 0.2) is 0 Å². The first-order valence-corrected chi connectivity index (χ1v) is 9.66. The second-order valence-corrected chi connectivity index (χ2v) is 7.57. The number of piperazine rings is 1. The van der Waals surface area contributed by atoms with Gasteiger partial charge < -0.3 is 20.6 Å². The van der Waals surface area contributed by atoms with Gasteiger partial charge in [0.2, 0.25) is 5.91 Å². The third kappa shape index (κ3) is 5.69. The van der Waals surface area contributed by atoms with E-state index >= 15 is 0 Å². The van der Waals surface area contributed by atoms with E-state index in [-0.39, 0.29) is 18.1 Å². The van der Waals surface area contributed by atoms with Crippen LogP contribution in [-0.2, 0) is 4.79 Å². The molecule has 0 aliphatic carbocycles. The Morgan fingerprint density at radius 3 is 2.75 bits per heavy atom. The van der Waals surface area contributed by atoms with E-state index in [1.165, 1.54) is 0 Å². The van der Waals surface area contributed by atoms with E-state index in [0.29, 0.717) is 18.5 Å². The van der Waals surface area contributed by atoms with E-state index in [0.717, 1.165) is 58.5 Å². The average molecular weight is 341 g/mol. The number of carbonyl (C=O) groups is 1. The quantitative estimate of drug-likeness (QED) is 0.685. The van der Waals surface area contributed by atoms with E-state index in [1.54, 1.807) is 0 Å².